The van der Waals surface area contributed by atoms with E-state index in [9.17, 15) is 12.8 Å². The number of anilines is 1. The molecular formula is C36H45FN2O4SSi. The topological polar surface area (TPSA) is 76.7 Å². The van der Waals surface area contributed by atoms with Crippen LogP contribution in [0.5, 0.6) is 5.75 Å². The van der Waals surface area contributed by atoms with E-state index >= 15 is 0 Å². The molecule has 9 heteroatoms. The van der Waals surface area contributed by atoms with Crippen molar-refractivity contribution in [2.75, 3.05) is 17.5 Å². The van der Waals surface area contributed by atoms with Crippen LogP contribution < -0.4 is 14.8 Å². The molecule has 0 bridgehead atoms. The lowest BCUT2D eigenvalue weighted by atomic mass is 9.98. The van der Waals surface area contributed by atoms with E-state index in [2.05, 4.69) is 42.9 Å². The van der Waals surface area contributed by atoms with E-state index in [-0.39, 0.29) is 18.0 Å². The predicted octanol–water partition coefficient (Wildman–Crippen LogP) is 8.41. The standard InChI is InChI=1S/C36H45FN2O4SSi/c1-5-45(6-2,7-3)43-36(31-14-11-15-33(25-31)39-44(4,40)41)26-38-35(24-28-16-20-32(37)21-17-28)30-18-22-34(23-19-30)42-27-29-12-9-8-10-13-29/h8-23,25,35-36,38-39H,5-7,24,26-27H2,1-4H3/t35?,36-/m0/s1. The number of benzene rings is 4. The molecule has 0 radical (unpaired) electrons. The molecule has 2 N–H and O–H groups in total. The van der Waals surface area contributed by atoms with Crippen LogP contribution in [0.15, 0.2) is 103 Å². The third kappa shape index (κ3) is 10.5. The van der Waals surface area contributed by atoms with Gasteiger partial charge in [0.05, 0.1) is 12.4 Å². The Hall–Kier alpha value is -3.50. The van der Waals surface area contributed by atoms with E-state index < -0.39 is 18.3 Å². The normalized spacial score (nSPS) is 13.3. The molecule has 6 nitrogen and oxygen atoms in total. The average Bonchev–Trinajstić information content (AvgIpc) is 3.04. The first-order valence-electron chi connectivity index (χ1n) is 15.6. The quantitative estimate of drug-likeness (QED) is 0.112. The third-order valence-electron chi connectivity index (χ3n) is 8.32. The molecule has 0 heterocycles. The molecule has 0 saturated heterocycles. The average molecular weight is 649 g/mol. The van der Waals surface area contributed by atoms with Crippen molar-refractivity contribution in [3.05, 3.63) is 131 Å². The minimum absolute atomic E-state index is 0.0944. The Morgan fingerprint density at radius 3 is 2.07 bits per heavy atom. The van der Waals surface area contributed by atoms with Gasteiger partial charge < -0.3 is 14.5 Å². The Labute approximate surface area is 269 Å². The number of halogens is 1. The van der Waals surface area contributed by atoms with Crippen LogP contribution in [0.25, 0.3) is 0 Å². The minimum atomic E-state index is -3.43. The zero-order valence-corrected chi connectivity index (χ0v) is 28.4. The third-order valence-corrected chi connectivity index (χ3v) is 13.6. The van der Waals surface area contributed by atoms with Crippen molar-refractivity contribution in [1.82, 2.24) is 5.32 Å². The molecule has 0 spiro atoms. The van der Waals surface area contributed by atoms with Gasteiger partial charge >= 0.3 is 0 Å². The highest BCUT2D eigenvalue weighted by Crippen LogP contribution is 2.32. The van der Waals surface area contributed by atoms with Crippen molar-refractivity contribution in [3.63, 3.8) is 0 Å². The van der Waals surface area contributed by atoms with Crippen molar-refractivity contribution in [1.29, 1.82) is 0 Å². The molecular weight excluding hydrogens is 604 g/mol. The number of hydrogen-bond donors (Lipinski definition) is 2. The van der Waals surface area contributed by atoms with Gasteiger partial charge in [0.2, 0.25) is 10.0 Å². The fourth-order valence-corrected chi connectivity index (χ4v) is 8.87. The van der Waals surface area contributed by atoms with Crippen LogP contribution in [0.2, 0.25) is 18.1 Å². The number of sulfonamides is 1. The van der Waals surface area contributed by atoms with Crippen LogP contribution in [0.4, 0.5) is 10.1 Å². The summed E-state index contributed by atoms with van der Waals surface area (Å²) in [6.07, 6.45) is 1.50. The van der Waals surface area contributed by atoms with E-state index in [1.54, 1.807) is 6.07 Å². The molecule has 0 aliphatic carbocycles. The Balaban J connectivity index is 1.60. The molecule has 0 aliphatic rings. The molecule has 0 aromatic heterocycles. The molecule has 0 saturated carbocycles. The fraction of sp³-hybridized carbons (Fsp3) is 0.333. The summed E-state index contributed by atoms with van der Waals surface area (Å²) in [6.45, 7) is 7.59. The first-order valence-corrected chi connectivity index (χ1v) is 20.0. The Morgan fingerprint density at radius 2 is 1.44 bits per heavy atom. The maximum atomic E-state index is 13.7. The molecule has 240 valence electrons. The summed E-state index contributed by atoms with van der Waals surface area (Å²) in [5, 5.41) is 3.76. The largest absolute Gasteiger partial charge is 0.489 e. The molecule has 0 amide bonds. The van der Waals surface area contributed by atoms with Crippen LogP contribution in [-0.4, -0.2) is 29.5 Å². The number of ether oxygens (including phenoxy) is 1. The molecule has 1 unspecified atom stereocenters. The van der Waals surface area contributed by atoms with Gasteiger partial charge in [-0.1, -0.05) is 87.5 Å². The van der Waals surface area contributed by atoms with Gasteiger partial charge in [-0.3, -0.25) is 4.72 Å². The summed E-state index contributed by atoms with van der Waals surface area (Å²) in [4.78, 5) is 0. The first kappa shape index (κ1) is 34.4. The second-order valence-corrected chi connectivity index (χ2v) is 18.0. The number of hydrogen-bond acceptors (Lipinski definition) is 5. The zero-order valence-electron chi connectivity index (χ0n) is 26.6. The van der Waals surface area contributed by atoms with Crippen molar-refractivity contribution >= 4 is 24.0 Å². The SMILES string of the molecule is CC[Si](CC)(CC)O[C@@H](CNC(Cc1ccc(F)cc1)c1ccc(OCc2ccccc2)cc1)c1cccc(NS(C)(=O)=O)c1. The zero-order chi connectivity index (χ0) is 32.3. The summed E-state index contributed by atoms with van der Waals surface area (Å²) >= 11 is 0. The molecule has 45 heavy (non-hydrogen) atoms. The second kappa shape index (κ2) is 16.2. The maximum Gasteiger partial charge on any atom is 0.229 e. The van der Waals surface area contributed by atoms with Gasteiger partial charge in [0.1, 0.15) is 18.2 Å². The highest BCUT2D eigenvalue weighted by molar-refractivity contribution is 7.92. The smallest absolute Gasteiger partial charge is 0.229 e. The van der Waals surface area contributed by atoms with Gasteiger partial charge in [-0.25, -0.2) is 12.8 Å². The predicted molar refractivity (Wildman–Crippen MR) is 184 cm³/mol. The minimum Gasteiger partial charge on any atom is -0.489 e. The van der Waals surface area contributed by atoms with E-state index in [1.165, 1.54) is 12.1 Å². The van der Waals surface area contributed by atoms with E-state index in [1.807, 2.05) is 72.8 Å². The van der Waals surface area contributed by atoms with E-state index in [0.717, 1.165) is 52.4 Å². The molecule has 4 aromatic carbocycles. The van der Waals surface area contributed by atoms with Gasteiger partial charge in [0.25, 0.3) is 0 Å². The lowest BCUT2D eigenvalue weighted by Crippen LogP contribution is -2.40. The second-order valence-electron chi connectivity index (χ2n) is 11.5. The monoisotopic (exact) mass is 648 g/mol. The number of nitrogens with one attached hydrogen (secondary N) is 2. The van der Waals surface area contributed by atoms with Gasteiger partial charge in [0.15, 0.2) is 8.32 Å². The van der Waals surface area contributed by atoms with E-state index in [4.69, 9.17) is 9.16 Å². The summed E-state index contributed by atoms with van der Waals surface area (Å²) in [7, 11) is -5.47. The van der Waals surface area contributed by atoms with Crippen LogP contribution >= 0.6 is 0 Å². The van der Waals surface area contributed by atoms with Crippen molar-refractivity contribution < 1.29 is 22.0 Å². The van der Waals surface area contributed by atoms with Crippen molar-refractivity contribution in [2.45, 2.75) is 64.1 Å². The van der Waals surface area contributed by atoms with Crippen LogP contribution in [0.1, 0.15) is 55.2 Å². The van der Waals surface area contributed by atoms with E-state index in [0.29, 0.717) is 25.3 Å². The van der Waals surface area contributed by atoms with Gasteiger partial charge in [-0.05, 0) is 83.2 Å². The molecule has 0 aliphatic heterocycles. The van der Waals surface area contributed by atoms with Gasteiger partial charge in [-0.15, -0.1) is 0 Å². The van der Waals surface area contributed by atoms with Crippen molar-refractivity contribution in [2.24, 2.45) is 0 Å². The molecule has 2 atom stereocenters. The summed E-state index contributed by atoms with van der Waals surface area (Å²) in [6, 6.07) is 35.1. The molecule has 4 rings (SSSR count). The van der Waals surface area contributed by atoms with Crippen LogP contribution in [0.3, 0.4) is 0 Å². The van der Waals surface area contributed by atoms with Crippen LogP contribution in [0, 0.1) is 5.82 Å². The lowest BCUT2D eigenvalue weighted by Gasteiger charge is -2.35. The fourth-order valence-electron chi connectivity index (χ4n) is 5.50. The maximum absolute atomic E-state index is 13.7. The van der Waals surface area contributed by atoms with Crippen molar-refractivity contribution in [3.8, 4) is 5.75 Å². The first-order chi connectivity index (χ1) is 21.6. The Morgan fingerprint density at radius 1 is 0.778 bits per heavy atom. The highest BCUT2D eigenvalue weighted by Gasteiger charge is 2.33. The van der Waals surface area contributed by atoms with Gasteiger partial charge in [0, 0.05) is 18.3 Å². The Kier molecular flexibility index (Phi) is 12.4. The van der Waals surface area contributed by atoms with Crippen LogP contribution in [-0.2, 0) is 27.5 Å². The summed E-state index contributed by atoms with van der Waals surface area (Å²) < 4.78 is 53.3. The highest BCUT2D eigenvalue weighted by atomic mass is 32.2. The summed E-state index contributed by atoms with van der Waals surface area (Å²) in [5.41, 5.74) is 4.60. The molecule has 0 fully saturated rings. The summed E-state index contributed by atoms with van der Waals surface area (Å²) in [5.74, 6) is 0.517. The van der Waals surface area contributed by atoms with Gasteiger partial charge in [-0.2, -0.15) is 0 Å². The Bertz CT molecular complexity index is 1570. The number of rotatable bonds is 17. The molecule has 4 aromatic rings. The lowest BCUT2D eigenvalue weighted by molar-refractivity contribution is 0.181.